The molecule has 0 aliphatic rings. The lowest BCUT2D eigenvalue weighted by molar-refractivity contribution is 0.636. The Morgan fingerprint density at radius 3 is 2.05 bits per heavy atom. The zero-order valence-corrected chi connectivity index (χ0v) is 24.7. The second kappa shape index (κ2) is 12.5. The number of hydrogen-bond donors (Lipinski definition) is 2. The summed E-state index contributed by atoms with van der Waals surface area (Å²) in [5.74, 6) is 3.03. The summed E-state index contributed by atoms with van der Waals surface area (Å²) in [5, 5.41) is 25.2. The highest BCUT2D eigenvalue weighted by Gasteiger charge is 2.15. The number of nitrogens with zero attached hydrogens (tertiary/aromatic N) is 5. The van der Waals surface area contributed by atoms with Gasteiger partial charge in [0.05, 0.1) is 0 Å². The van der Waals surface area contributed by atoms with E-state index in [0.717, 1.165) is 61.5 Å². The lowest BCUT2D eigenvalue weighted by atomic mass is 10.1. The molecule has 38 heavy (non-hydrogen) atoms. The van der Waals surface area contributed by atoms with Crippen LogP contribution in [0.3, 0.4) is 0 Å². The van der Waals surface area contributed by atoms with Gasteiger partial charge in [0.2, 0.25) is 0 Å². The molecule has 9 heteroatoms. The Bertz CT molecular complexity index is 1400. The molecule has 0 aliphatic carbocycles. The van der Waals surface area contributed by atoms with Gasteiger partial charge in [-0.05, 0) is 74.4 Å². The van der Waals surface area contributed by atoms with Gasteiger partial charge in [0.25, 0.3) is 5.13 Å². The van der Waals surface area contributed by atoms with Crippen LogP contribution in [0.25, 0.3) is 0 Å². The number of benzene rings is 2. The molecule has 4 aromatic rings. The fourth-order valence-electron chi connectivity index (χ4n) is 3.94. The predicted molar refractivity (Wildman–Crippen MR) is 162 cm³/mol. The second-order valence-electron chi connectivity index (χ2n) is 9.68. The van der Waals surface area contributed by atoms with E-state index in [2.05, 4.69) is 109 Å². The predicted octanol–water partition coefficient (Wildman–Crippen LogP) is 9.52. The Morgan fingerprint density at radius 1 is 0.842 bits per heavy atom. The van der Waals surface area contributed by atoms with Crippen molar-refractivity contribution in [3.8, 4) is 0 Å². The van der Waals surface area contributed by atoms with E-state index in [1.807, 2.05) is 13.0 Å². The van der Waals surface area contributed by atoms with Crippen molar-refractivity contribution in [3.05, 3.63) is 70.3 Å². The van der Waals surface area contributed by atoms with E-state index < -0.39 is 0 Å². The van der Waals surface area contributed by atoms with Gasteiger partial charge in [0.1, 0.15) is 11.5 Å². The standard InChI is InChI=1S/C29H35N7S2/c1-8-17(2)16-37-29-36-35-28(38-29)34-33-26-22(7)15-23(30-24-18(3)11-9-12-19(24)4)31-27(26)32-25-20(5)13-10-14-21(25)6/h9-15,17H,8,16H2,1-7H3,(H2,30,31,32). The monoisotopic (exact) mass is 545 g/mol. The summed E-state index contributed by atoms with van der Waals surface area (Å²) in [6, 6.07) is 14.5. The molecule has 0 radical (unpaired) electrons. The van der Waals surface area contributed by atoms with Crippen LogP contribution in [-0.2, 0) is 0 Å². The molecule has 2 aromatic carbocycles. The number of anilines is 4. The number of thioether (sulfide) groups is 1. The third-order valence-electron chi connectivity index (χ3n) is 6.46. The van der Waals surface area contributed by atoms with E-state index in [-0.39, 0.29) is 0 Å². The smallest absolute Gasteiger partial charge is 0.252 e. The van der Waals surface area contributed by atoms with Crippen LogP contribution in [0.15, 0.2) is 57.0 Å². The lowest BCUT2D eigenvalue weighted by Gasteiger charge is -2.17. The molecule has 0 saturated carbocycles. The molecule has 2 aromatic heterocycles. The highest BCUT2D eigenvalue weighted by Crippen LogP contribution is 2.37. The Kier molecular flexibility index (Phi) is 9.12. The number of azo groups is 1. The van der Waals surface area contributed by atoms with Crippen molar-refractivity contribution in [2.24, 2.45) is 16.1 Å². The van der Waals surface area contributed by atoms with Crippen molar-refractivity contribution < 1.29 is 0 Å². The topological polar surface area (TPSA) is 87.5 Å². The lowest BCUT2D eigenvalue weighted by Crippen LogP contribution is -2.03. The maximum Gasteiger partial charge on any atom is 0.252 e. The van der Waals surface area contributed by atoms with Gasteiger partial charge < -0.3 is 10.6 Å². The second-order valence-corrected chi connectivity index (χ2v) is 11.9. The van der Waals surface area contributed by atoms with Crippen molar-refractivity contribution >= 4 is 56.9 Å². The summed E-state index contributed by atoms with van der Waals surface area (Å²) in [5.41, 5.74) is 8.28. The Labute approximate surface area is 233 Å². The van der Waals surface area contributed by atoms with Gasteiger partial charge >= 0.3 is 0 Å². The summed E-state index contributed by atoms with van der Waals surface area (Å²) >= 11 is 3.18. The van der Waals surface area contributed by atoms with E-state index in [1.165, 1.54) is 11.3 Å². The van der Waals surface area contributed by atoms with E-state index in [1.54, 1.807) is 11.8 Å². The first-order valence-electron chi connectivity index (χ1n) is 12.8. The fraction of sp³-hybridized carbons (Fsp3) is 0.345. The number of pyridine rings is 1. The number of aryl methyl sites for hydroxylation is 5. The fourth-order valence-corrected chi connectivity index (χ4v) is 5.76. The van der Waals surface area contributed by atoms with Crippen LogP contribution in [0.5, 0.6) is 0 Å². The van der Waals surface area contributed by atoms with Gasteiger partial charge in [-0.1, -0.05) is 79.8 Å². The maximum absolute atomic E-state index is 4.95. The van der Waals surface area contributed by atoms with Gasteiger partial charge in [-0.2, -0.15) is 0 Å². The van der Waals surface area contributed by atoms with Crippen LogP contribution in [0.1, 0.15) is 48.1 Å². The Morgan fingerprint density at radius 2 is 1.45 bits per heavy atom. The summed E-state index contributed by atoms with van der Waals surface area (Å²) in [6.07, 6.45) is 1.15. The van der Waals surface area contributed by atoms with Crippen LogP contribution >= 0.6 is 23.1 Å². The van der Waals surface area contributed by atoms with Crippen molar-refractivity contribution in [2.45, 2.75) is 59.2 Å². The molecular weight excluding hydrogens is 511 g/mol. The normalized spacial score (nSPS) is 12.2. The Hall–Kier alpha value is -3.30. The van der Waals surface area contributed by atoms with Gasteiger partial charge in [0, 0.05) is 17.1 Å². The van der Waals surface area contributed by atoms with Crippen LogP contribution < -0.4 is 10.6 Å². The molecule has 4 rings (SSSR count). The largest absolute Gasteiger partial charge is 0.340 e. The van der Waals surface area contributed by atoms with Crippen molar-refractivity contribution in [2.75, 3.05) is 16.4 Å². The first-order valence-corrected chi connectivity index (χ1v) is 14.6. The number of aromatic nitrogens is 3. The molecule has 2 N–H and O–H groups in total. The first kappa shape index (κ1) is 27.7. The van der Waals surface area contributed by atoms with Crippen LogP contribution in [0.4, 0.5) is 33.8 Å². The van der Waals surface area contributed by atoms with Crippen LogP contribution in [0, 0.1) is 40.5 Å². The van der Waals surface area contributed by atoms with Crippen LogP contribution in [0.2, 0.25) is 0 Å². The summed E-state index contributed by atoms with van der Waals surface area (Å²) < 4.78 is 0.913. The average molecular weight is 546 g/mol. The highest BCUT2D eigenvalue weighted by atomic mass is 32.2. The van der Waals surface area contributed by atoms with E-state index >= 15 is 0 Å². The number of hydrogen-bond acceptors (Lipinski definition) is 9. The van der Waals surface area contributed by atoms with Crippen molar-refractivity contribution in [3.63, 3.8) is 0 Å². The van der Waals surface area contributed by atoms with Gasteiger partial charge in [-0.3, -0.25) is 0 Å². The molecule has 198 valence electrons. The zero-order chi connectivity index (χ0) is 27.2. The summed E-state index contributed by atoms with van der Waals surface area (Å²) in [4.78, 5) is 4.95. The van der Waals surface area contributed by atoms with Gasteiger partial charge in [0.15, 0.2) is 10.2 Å². The van der Waals surface area contributed by atoms with E-state index in [9.17, 15) is 0 Å². The maximum atomic E-state index is 4.95. The third-order valence-corrected chi connectivity index (χ3v) is 8.73. The highest BCUT2D eigenvalue weighted by molar-refractivity contribution is 8.01. The Balaban J connectivity index is 1.69. The van der Waals surface area contributed by atoms with Crippen molar-refractivity contribution in [1.82, 2.24) is 15.2 Å². The number of nitrogens with one attached hydrogen (secondary N) is 2. The van der Waals surface area contributed by atoms with E-state index in [4.69, 9.17) is 4.98 Å². The minimum atomic E-state index is 0.534. The zero-order valence-electron chi connectivity index (χ0n) is 23.1. The number of rotatable bonds is 10. The van der Waals surface area contributed by atoms with E-state index in [0.29, 0.717) is 22.6 Å². The number of para-hydroxylation sites is 2. The molecule has 0 fully saturated rings. The molecule has 0 amide bonds. The molecule has 0 bridgehead atoms. The van der Waals surface area contributed by atoms with Crippen LogP contribution in [-0.4, -0.2) is 20.9 Å². The van der Waals surface area contributed by atoms with Crippen molar-refractivity contribution in [1.29, 1.82) is 0 Å². The van der Waals surface area contributed by atoms with Gasteiger partial charge in [-0.25, -0.2) is 4.98 Å². The molecule has 1 atom stereocenters. The average Bonchev–Trinajstić information content (AvgIpc) is 3.34. The summed E-state index contributed by atoms with van der Waals surface area (Å²) in [7, 11) is 0. The molecular formula is C29H35N7S2. The molecule has 0 aliphatic heterocycles. The minimum absolute atomic E-state index is 0.534. The third kappa shape index (κ3) is 6.76. The SMILES string of the molecule is CCC(C)CSc1nnc(N=Nc2c(C)cc(Nc3c(C)cccc3C)nc2Nc2c(C)cccc2C)s1. The summed E-state index contributed by atoms with van der Waals surface area (Å²) in [6.45, 7) is 14.8. The molecule has 0 saturated heterocycles. The molecule has 2 heterocycles. The van der Waals surface area contributed by atoms with Gasteiger partial charge in [-0.15, -0.1) is 20.4 Å². The quantitative estimate of drug-likeness (QED) is 0.152. The first-order chi connectivity index (χ1) is 18.2. The minimum Gasteiger partial charge on any atom is -0.340 e. The molecule has 1 unspecified atom stereocenters. The molecule has 0 spiro atoms. The molecule has 7 nitrogen and oxygen atoms in total.